The van der Waals surface area contributed by atoms with Crippen LogP contribution in [0.5, 0.6) is 0 Å². The molecule has 0 aliphatic heterocycles. The van der Waals surface area contributed by atoms with Crippen LogP contribution in [-0.4, -0.2) is 10.8 Å². The molecule has 1 aromatic heterocycles. The monoisotopic (exact) mass is 277 g/mol. The van der Waals surface area contributed by atoms with E-state index >= 15 is 0 Å². The molecule has 3 aromatic rings. The normalized spacial score (nSPS) is 16.0. The molecule has 3 heteroatoms. The number of thiazole rings is 1. The summed E-state index contributed by atoms with van der Waals surface area (Å²) in [7, 11) is 0. The fraction of sp³-hybridized carbons (Fsp3) is 0.0588. The van der Waals surface area contributed by atoms with Crippen molar-refractivity contribution in [3.8, 4) is 0 Å². The Bertz CT molecular complexity index is 827. The van der Waals surface area contributed by atoms with Crippen LogP contribution in [0.3, 0.4) is 0 Å². The molecule has 0 atom stereocenters. The molecule has 0 saturated carbocycles. The van der Waals surface area contributed by atoms with Crippen molar-refractivity contribution in [1.29, 1.82) is 0 Å². The molecular formula is C17H11NOS. The van der Waals surface area contributed by atoms with E-state index in [2.05, 4.69) is 11.1 Å². The second-order valence-corrected chi connectivity index (χ2v) is 5.90. The summed E-state index contributed by atoms with van der Waals surface area (Å²) in [5.74, 6) is 0.186. The lowest BCUT2D eigenvalue weighted by Crippen LogP contribution is -1.93. The van der Waals surface area contributed by atoms with Gasteiger partial charge in [-0.25, -0.2) is 4.98 Å². The van der Waals surface area contributed by atoms with E-state index in [1.165, 1.54) is 0 Å². The maximum absolute atomic E-state index is 12.2. The average Bonchev–Trinajstić information content (AvgIpc) is 3.00. The average molecular weight is 277 g/mol. The van der Waals surface area contributed by atoms with E-state index in [1.807, 2.05) is 48.5 Å². The maximum atomic E-state index is 12.2. The van der Waals surface area contributed by atoms with Crippen molar-refractivity contribution >= 4 is 39.0 Å². The van der Waals surface area contributed by atoms with Crippen LogP contribution in [0.25, 0.3) is 21.9 Å². The summed E-state index contributed by atoms with van der Waals surface area (Å²) in [5.41, 5.74) is 3.95. The highest BCUT2D eigenvalue weighted by Gasteiger charge is 2.24. The fourth-order valence-corrected chi connectivity index (χ4v) is 3.50. The van der Waals surface area contributed by atoms with Gasteiger partial charge in [0.2, 0.25) is 0 Å². The predicted molar refractivity (Wildman–Crippen MR) is 82.6 cm³/mol. The van der Waals surface area contributed by atoms with Crippen LogP contribution in [0.2, 0.25) is 0 Å². The number of carbonyl (C=O) groups is 1. The van der Waals surface area contributed by atoms with Crippen molar-refractivity contribution in [3.63, 3.8) is 0 Å². The Labute approximate surface area is 120 Å². The van der Waals surface area contributed by atoms with Crippen LogP contribution >= 0.6 is 11.3 Å². The number of nitrogens with zero attached hydrogens (tertiary/aromatic N) is 1. The number of Topliss-reactive ketones (excluding diaryl/α,β-unsaturated/α-hetero) is 1. The summed E-state index contributed by atoms with van der Waals surface area (Å²) in [6.45, 7) is 0. The molecule has 0 radical (unpaired) electrons. The maximum Gasteiger partial charge on any atom is 0.167 e. The van der Waals surface area contributed by atoms with Crippen molar-refractivity contribution < 1.29 is 4.79 Å². The standard InChI is InChI=1S/C17H11NOS/c19-15-9-11-5-1-2-6-12(11)13(15)10-17-18-14-7-3-4-8-16(14)20-17/h1-8,10H,9H2/b13-10+. The summed E-state index contributed by atoms with van der Waals surface area (Å²) in [6, 6.07) is 16.0. The van der Waals surface area contributed by atoms with E-state index in [1.54, 1.807) is 11.3 Å². The quantitative estimate of drug-likeness (QED) is 0.630. The van der Waals surface area contributed by atoms with Gasteiger partial charge < -0.3 is 0 Å². The van der Waals surface area contributed by atoms with Crippen LogP contribution in [0, 0.1) is 0 Å². The van der Waals surface area contributed by atoms with Crippen LogP contribution in [0.1, 0.15) is 16.1 Å². The van der Waals surface area contributed by atoms with E-state index in [9.17, 15) is 4.79 Å². The Morgan fingerprint density at radius 1 is 1.05 bits per heavy atom. The first kappa shape index (κ1) is 11.6. The molecule has 0 N–H and O–H groups in total. The molecule has 2 nitrogen and oxygen atoms in total. The highest BCUT2D eigenvalue weighted by Crippen LogP contribution is 2.32. The van der Waals surface area contributed by atoms with Gasteiger partial charge in [0.05, 0.1) is 10.2 Å². The van der Waals surface area contributed by atoms with Gasteiger partial charge in [-0.3, -0.25) is 4.79 Å². The van der Waals surface area contributed by atoms with Crippen LogP contribution in [0.15, 0.2) is 48.5 Å². The van der Waals surface area contributed by atoms with E-state index in [-0.39, 0.29) is 5.78 Å². The third kappa shape index (κ3) is 1.79. The predicted octanol–water partition coefficient (Wildman–Crippen LogP) is 3.96. The number of allylic oxidation sites excluding steroid dienone is 1. The van der Waals surface area contributed by atoms with Gasteiger partial charge in [0, 0.05) is 12.0 Å². The number of carbonyl (C=O) groups excluding carboxylic acids is 1. The van der Waals surface area contributed by atoms with Gasteiger partial charge >= 0.3 is 0 Å². The third-order valence-electron chi connectivity index (χ3n) is 3.54. The smallest absolute Gasteiger partial charge is 0.167 e. The second-order valence-electron chi connectivity index (χ2n) is 4.83. The zero-order valence-electron chi connectivity index (χ0n) is 10.7. The topological polar surface area (TPSA) is 30.0 Å². The Kier molecular flexibility index (Phi) is 2.54. The number of ketones is 1. The lowest BCUT2D eigenvalue weighted by molar-refractivity contribution is -0.112. The lowest BCUT2D eigenvalue weighted by Gasteiger charge is -1.97. The van der Waals surface area contributed by atoms with Crippen molar-refractivity contribution in [1.82, 2.24) is 4.98 Å². The number of hydrogen-bond donors (Lipinski definition) is 0. The third-order valence-corrected chi connectivity index (χ3v) is 4.52. The number of rotatable bonds is 1. The molecular weight excluding hydrogens is 266 g/mol. The lowest BCUT2D eigenvalue weighted by atomic mass is 10.1. The Morgan fingerprint density at radius 2 is 1.85 bits per heavy atom. The highest BCUT2D eigenvalue weighted by molar-refractivity contribution is 7.19. The Morgan fingerprint density at radius 3 is 2.75 bits per heavy atom. The molecule has 0 unspecified atom stereocenters. The minimum atomic E-state index is 0.186. The van der Waals surface area contributed by atoms with Crippen molar-refractivity contribution in [2.45, 2.75) is 6.42 Å². The van der Waals surface area contributed by atoms with Crippen molar-refractivity contribution in [2.24, 2.45) is 0 Å². The first-order valence-electron chi connectivity index (χ1n) is 6.50. The number of fused-ring (bicyclic) bond motifs is 2. The van der Waals surface area contributed by atoms with E-state index in [0.717, 1.165) is 31.9 Å². The van der Waals surface area contributed by atoms with Gasteiger partial charge in [-0.2, -0.15) is 0 Å². The summed E-state index contributed by atoms with van der Waals surface area (Å²) < 4.78 is 1.15. The number of para-hydroxylation sites is 1. The molecule has 20 heavy (non-hydrogen) atoms. The molecule has 1 aliphatic rings. The molecule has 0 fully saturated rings. The minimum Gasteiger partial charge on any atom is -0.294 e. The van der Waals surface area contributed by atoms with E-state index in [0.29, 0.717) is 6.42 Å². The van der Waals surface area contributed by atoms with Gasteiger partial charge in [-0.15, -0.1) is 11.3 Å². The van der Waals surface area contributed by atoms with E-state index < -0.39 is 0 Å². The molecule has 0 amide bonds. The molecule has 0 spiro atoms. The first-order chi connectivity index (χ1) is 9.81. The van der Waals surface area contributed by atoms with Crippen molar-refractivity contribution in [2.75, 3.05) is 0 Å². The van der Waals surface area contributed by atoms with Gasteiger partial charge in [-0.05, 0) is 29.3 Å². The van der Waals surface area contributed by atoms with Gasteiger partial charge in [-0.1, -0.05) is 36.4 Å². The fourth-order valence-electron chi connectivity index (χ4n) is 2.59. The zero-order chi connectivity index (χ0) is 13.5. The van der Waals surface area contributed by atoms with E-state index in [4.69, 9.17) is 0 Å². The zero-order valence-corrected chi connectivity index (χ0v) is 11.5. The summed E-state index contributed by atoms with van der Waals surface area (Å²) in [6.07, 6.45) is 2.44. The number of aromatic nitrogens is 1. The number of hydrogen-bond acceptors (Lipinski definition) is 3. The SMILES string of the molecule is O=C1Cc2ccccc2/C1=C\c1nc2ccccc2s1. The summed E-state index contributed by atoms with van der Waals surface area (Å²) >= 11 is 1.62. The second kappa shape index (κ2) is 4.39. The minimum absolute atomic E-state index is 0.186. The van der Waals surface area contributed by atoms with Crippen LogP contribution in [-0.2, 0) is 11.2 Å². The molecule has 1 aliphatic carbocycles. The molecule has 4 rings (SSSR count). The molecule has 96 valence electrons. The first-order valence-corrected chi connectivity index (χ1v) is 7.32. The van der Waals surface area contributed by atoms with Crippen LogP contribution < -0.4 is 0 Å². The molecule has 2 aromatic carbocycles. The summed E-state index contributed by atoms with van der Waals surface area (Å²) in [5, 5.41) is 0.895. The number of benzene rings is 2. The highest BCUT2D eigenvalue weighted by atomic mass is 32.1. The molecule has 0 bridgehead atoms. The Balaban J connectivity index is 1.85. The Hall–Kier alpha value is -2.26. The van der Waals surface area contributed by atoms with Gasteiger partial charge in [0.15, 0.2) is 5.78 Å². The van der Waals surface area contributed by atoms with Crippen molar-refractivity contribution in [3.05, 3.63) is 64.7 Å². The molecule has 0 saturated heterocycles. The van der Waals surface area contributed by atoms with Gasteiger partial charge in [0.25, 0.3) is 0 Å². The summed E-state index contributed by atoms with van der Waals surface area (Å²) in [4.78, 5) is 16.7. The largest absolute Gasteiger partial charge is 0.294 e. The van der Waals surface area contributed by atoms with Crippen LogP contribution in [0.4, 0.5) is 0 Å². The van der Waals surface area contributed by atoms with Gasteiger partial charge in [0.1, 0.15) is 5.01 Å². The molecule has 1 heterocycles.